The SMILES string of the molecule is CCCC(NCc1nc(C(F)(F)F)co1)(Nc1c(C)cc(C)cc1Cl)C1CC1. The summed E-state index contributed by atoms with van der Waals surface area (Å²) in [4.78, 5) is 3.57. The second-order valence-corrected chi connectivity index (χ2v) is 7.94. The van der Waals surface area contributed by atoms with Crippen molar-refractivity contribution in [1.29, 1.82) is 0 Å². The number of rotatable bonds is 8. The average Bonchev–Trinajstić information content (AvgIpc) is 3.33. The first kappa shape index (κ1) is 21.0. The van der Waals surface area contributed by atoms with E-state index in [-0.39, 0.29) is 12.4 Å². The van der Waals surface area contributed by atoms with Gasteiger partial charge in [-0.3, -0.25) is 5.32 Å². The van der Waals surface area contributed by atoms with Crippen LogP contribution in [0.15, 0.2) is 22.8 Å². The first-order valence-corrected chi connectivity index (χ1v) is 9.84. The smallest absolute Gasteiger partial charge is 0.436 e. The Bertz CT molecular complexity index is 809. The Balaban J connectivity index is 1.84. The van der Waals surface area contributed by atoms with Crippen molar-refractivity contribution in [3.8, 4) is 0 Å². The molecule has 0 bridgehead atoms. The number of benzene rings is 1. The van der Waals surface area contributed by atoms with E-state index in [2.05, 4.69) is 28.6 Å². The van der Waals surface area contributed by atoms with Crippen LogP contribution in [-0.2, 0) is 12.7 Å². The van der Waals surface area contributed by atoms with Crippen LogP contribution in [0.4, 0.5) is 18.9 Å². The van der Waals surface area contributed by atoms with Gasteiger partial charge in [-0.1, -0.05) is 31.0 Å². The Morgan fingerprint density at radius 2 is 1.96 bits per heavy atom. The predicted octanol–water partition coefficient (Wildman–Crippen LogP) is 6.07. The molecule has 0 amide bonds. The molecule has 8 heteroatoms. The first-order valence-electron chi connectivity index (χ1n) is 9.46. The molecule has 0 radical (unpaired) electrons. The third kappa shape index (κ3) is 4.63. The normalized spacial score (nSPS) is 16.8. The van der Waals surface area contributed by atoms with Gasteiger partial charge in [-0.15, -0.1) is 0 Å². The van der Waals surface area contributed by atoms with Crippen LogP contribution >= 0.6 is 11.6 Å². The number of halogens is 4. The van der Waals surface area contributed by atoms with Crippen LogP contribution in [0.2, 0.25) is 5.02 Å². The van der Waals surface area contributed by atoms with Crippen LogP contribution in [0.1, 0.15) is 55.3 Å². The summed E-state index contributed by atoms with van der Waals surface area (Å²) in [6, 6.07) is 3.96. The number of aromatic nitrogens is 1. The molecule has 28 heavy (non-hydrogen) atoms. The fraction of sp³-hybridized carbons (Fsp3) is 0.550. The Hall–Kier alpha value is -1.73. The number of nitrogens with zero attached hydrogens (tertiary/aromatic N) is 1. The quantitative estimate of drug-likeness (QED) is 0.513. The standard InChI is InChI=1S/C20H25ClF3N3O/c1-4-7-19(14-5-6-14,27-18-13(3)8-12(2)9-15(18)21)25-10-17-26-16(11-28-17)20(22,23)24/h8-9,11,14,25,27H,4-7,10H2,1-3H3. The van der Waals surface area contributed by atoms with E-state index in [4.69, 9.17) is 16.0 Å². The Morgan fingerprint density at radius 1 is 1.25 bits per heavy atom. The van der Waals surface area contributed by atoms with Crippen molar-refractivity contribution in [1.82, 2.24) is 10.3 Å². The largest absolute Gasteiger partial charge is 0.447 e. The molecule has 1 heterocycles. The van der Waals surface area contributed by atoms with Crippen LogP contribution in [0.5, 0.6) is 0 Å². The number of nitrogens with one attached hydrogen (secondary N) is 2. The lowest BCUT2D eigenvalue weighted by atomic mass is 9.96. The highest BCUT2D eigenvalue weighted by Gasteiger charge is 2.45. The van der Waals surface area contributed by atoms with Crippen LogP contribution < -0.4 is 10.6 Å². The molecular formula is C20H25ClF3N3O. The molecule has 1 aromatic carbocycles. The molecule has 1 aromatic heterocycles. The van der Waals surface area contributed by atoms with Gasteiger partial charge in [-0.2, -0.15) is 13.2 Å². The molecule has 1 fully saturated rings. The van der Waals surface area contributed by atoms with E-state index in [1.165, 1.54) is 0 Å². The fourth-order valence-electron chi connectivity index (χ4n) is 3.67. The van der Waals surface area contributed by atoms with Crippen molar-refractivity contribution in [2.24, 2.45) is 5.92 Å². The molecule has 1 unspecified atom stereocenters. The summed E-state index contributed by atoms with van der Waals surface area (Å²) in [6.07, 6.45) is -0.0655. The van der Waals surface area contributed by atoms with Gasteiger partial charge >= 0.3 is 6.18 Å². The van der Waals surface area contributed by atoms with E-state index in [1.807, 2.05) is 19.9 Å². The lowest BCUT2D eigenvalue weighted by Crippen LogP contribution is -2.53. The number of aryl methyl sites for hydroxylation is 2. The van der Waals surface area contributed by atoms with E-state index in [0.717, 1.165) is 42.5 Å². The van der Waals surface area contributed by atoms with Gasteiger partial charge in [0.05, 0.1) is 22.9 Å². The van der Waals surface area contributed by atoms with Crippen molar-refractivity contribution in [2.45, 2.75) is 64.8 Å². The monoisotopic (exact) mass is 415 g/mol. The molecule has 1 aliphatic carbocycles. The van der Waals surface area contributed by atoms with Gasteiger partial charge in [0.25, 0.3) is 0 Å². The van der Waals surface area contributed by atoms with E-state index in [0.29, 0.717) is 17.2 Å². The second kappa shape index (κ2) is 7.95. The van der Waals surface area contributed by atoms with Gasteiger partial charge in [-0.05, 0) is 56.2 Å². The summed E-state index contributed by atoms with van der Waals surface area (Å²) in [5, 5.41) is 7.63. The van der Waals surface area contributed by atoms with Gasteiger partial charge < -0.3 is 9.73 Å². The Labute approximate surface area is 167 Å². The van der Waals surface area contributed by atoms with E-state index < -0.39 is 17.5 Å². The lowest BCUT2D eigenvalue weighted by molar-refractivity contribution is -0.141. The van der Waals surface area contributed by atoms with Gasteiger partial charge in [0, 0.05) is 0 Å². The van der Waals surface area contributed by atoms with Crippen LogP contribution in [-0.4, -0.2) is 10.6 Å². The lowest BCUT2D eigenvalue weighted by Gasteiger charge is -2.38. The average molecular weight is 416 g/mol. The molecule has 0 saturated heterocycles. The molecular weight excluding hydrogens is 391 g/mol. The highest BCUT2D eigenvalue weighted by molar-refractivity contribution is 6.33. The van der Waals surface area contributed by atoms with Gasteiger partial charge in [-0.25, -0.2) is 4.98 Å². The van der Waals surface area contributed by atoms with Crippen molar-refractivity contribution >= 4 is 17.3 Å². The van der Waals surface area contributed by atoms with Gasteiger partial charge in [0.1, 0.15) is 6.26 Å². The third-order valence-corrected chi connectivity index (χ3v) is 5.39. The summed E-state index contributed by atoms with van der Waals surface area (Å²) >= 11 is 6.49. The van der Waals surface area contributed by atoms with Crippen molar-refractivity contribution < 1.29 is 17.6 Å². The summed E-state index contributed by atoms with van der Waals surface area (Å²) in [6.45, 7) is 6.16. The number of hydrogen-bond donors (Lipinski definition) is 2. The number of alkyl halides is 3. The maximum atomic E-state index is 12.8. The van der Waals surface area contributed by atoms with E-state index in [9.17, 15) is 13.2 Å². The highest BCUT2D eigenvalue weighted by Crippen LogP contribution is 2.44. The zero-order valence-electron chi connectivity index (χ0n) is 16.2. The van der Waals surface area contributed by atoms with Crippen LogP contribution in [0.3, 0.4) is 0 Å². The molecule has 1 saturated carbocycles. The molecule has 4 nitrogen and oxygen atoms in total. The molecule has 3 rings (SSSR count). The topological polar surface area (TPSA) is 50.1 Å². The number of anilines is 1. The maximum Gasteiger partial charge on any atom is 0.436 e. The van der Waals surface area contributed by atoms with E-state index in [1.54, 1.807) is 0 Å². The Morgan fingerprint density at radius 3 is 2.50 bits per heavy atom. The second-order valence-electron chi connectivity index (χ2n) is 7.54. The zero-order chi connectivity index (χ0) is 20.5. The van der Waals surface area contributed by atoms with Crippen LogP contribution in [0.25, 0.3) is 0 Å². The molecule has 1 atom stereocenters. The van der Waals surface area contributed by atoms with Crippen molar-refractivity contribution in [3.05, 3.63) is 46.1 Å². The first-order chi connectivity index (χ1) is 13.1. The number of oxazole rings is 1. The Kier molecular flexibility index (Phi) is 5.96. The zero-order valence-corrected chi connectivity index (χ0v) is 17.0. The van der Waals surface area contributed by atoms with Crippen LogP contribution in [0, 0.1) is 19.8 Å². The molecule has 2 N–H and O–H groups in total. The highest BCUT2D eigenvalue weighted by atomic mass is 35.5. The van der Waals surface area contributed by atoms with Gasteiger partial charge in [0.2, 0.25) is 5.89 Å². The van der Waals surface area contributed by atoms with E-state index >= 15 is 0 Å². The fourth-order valence-corrected chi connectivity index (χ4v) is 4.04. The number of hydrogen-bond acceptors (Lipinski definition) is 4. The molecule has 0 spiro atoms. The summed E-state index contributed by atoms with van der Waals surface area (Å²) in [5.41, 5.74) is 1.47. The molecule has 0 aliphatic heterocycles. The molecule has 1 aliphatic rings. The molecule has 154 valence electrons. The van der Waals surface area contributed by atoms with Crippen molar-refractivity contribution in [2.75, 3.05) is 5.32 Å². The maximum absolute atomic E-state index is 12.8. The minimum atomic E-state index is -4.51. The predicted molar refractivity (Wildman–Crippen MR) is 103 cm³/mol. The summed E-state index contributed by atoms with van der Waals surface area (Å²) in [5.74, 6) is 0.378. The summed E-state index contributed by atoms with van der Waals surface area (Å²) < 4.78 is 43.4. The molecule has 2 aromatic rings. The van der Waals surface area contributed by atoms with Crippen molar-refractivity contribution in [3.63, 3.8) is 0 Å². The minimum Gasteiger partial charge on any atom is -0.447 e. The third-order valence-electron chi connectivity index (χ3n) is 5.10. The minimum absolute atomic E-state index is 0.0157. The summed E-state index contributed by atoms with van der Waals surface area (Å²) in [7, 11) is 0. The van der Waals surface area contributed by atoms with Gasteiger partial charge in [0.15, 0.2) is 5.69 Å².